The molecule has 1 aromatic heterocycles. The van der Waals surface area contributed by atoms with E-state index in [2.05, 4.69) is 15.6 Å². The number of hydrogen-bond donors (Lipinski definition) is 3. The van der Waals surface area contributed by atoms with Crippen LogP contribution in [0.4, 0.5) is 16.2 Å². The number of imide groups is 1. The maximum Gasteiger partial charge on any atom is 0.255 e. The molecule has 5 amide bonds. The fraction of sp³-hybridized carbons (Fsp3) is 0.431. The lowest BCUT2D eigenvalue weighted by atomic mass is 9.96. The maximum absolute atomic E-state index is 16.9. The molecule has 2 fully saturated rings. The molecule has 0 spiro atoms. The second kappa shape index (κ2) is 24.1. The highest BCUT2D eigenvalue weighted by molar-refractivity contribution is 6.35. The molecule has 3 aliphatic heterocycles. The Hall–Kier alpha value is -6.71. The summed E-state index contributed by atoms with van der Waals surface area (Å²) in [5.74, 6) is -0.753. The molecule has 382 valence electrons. The average Bonchev–Trinajstić information content (AvgIpc) is 3.69. The Kier molecular flexibility index (Phi) is 17.3. The first-order valence-corrected chi connectivity index (χ1v) is 24.4. The zero-order valence-electron chi connectivity index (χ0n) is 40.3. The Labute approximate surface area is 420 Å². The minimum atomic E-state index is -0.682. The first-order valence-electron chi connectivity index (χ1n) is 24.0. The van der Waals surface area contributed by atoms with Crippen LogP contribution < -0.4 is 20.3 Å². The summed E-state index contributed by atoms with van der Waals surface area (Å²) in [6, 6.07) is 16.6. The number of anilines is 2. The standard InChI is InChI=1S/C51H58ClFN8O11/c1-32(62)59-13-15-60(16-14-59)48-40-30-41(52)45(39-29-35(63)27-33-5-3-4-6-37(33)39)46(53)47(40)56-51(57-48)54-12-11-44(65)58(2)17-18-68-19-20-69-21-22-70-23-24-71-25-26-72-36-7-8-38-34(28-36)31-61(50(38)67)42-9-10-43(64)55-49(42)66/h3-8,27-30,42,63H,9-26,31H2,1-2H3,(H,54,56,57)(H,55,64,66). The van der Waals surface area contributed by atoms with Crippen LogP contribution in [0.2, 0.25) is 5.02 Å². The number of phenols is 1. The summed E-state index contributed by atoms with van der Waals surface area (Å²) in [6.07, 6.45) is 0.608. The number of nitrogens with zero attached hydrogens (tertiary/aromatic N) is 6. The van der Waals surface area contributed by atoms with Crippen molar-refractivity contribution in [3.8, 4) is 22.6 Å². The molecule has 3 aliphatic rings. The summed E-state index contributed by atoms with van der Waals surface area (Å²) in [5.41, 5.74) is 1.80. The minimum absolute atomic E-state index is 0.0178. The molecule has 4 aromatic carbocycles. The third-order valence-corrected chi connectivity index (χ3v) is 13.0. The molecule has 5 aromatic rings. The summed E-state index contributed by atoms with van der Waals surface area (Å²) in [4.78, 5) is 78.0. The van der Waals surface area contributed by atoms with E-state index in [1.807, 2.05) is 29.2 Å². The van der Waals surface area contributed by atoms with E-state index in [4.69, 9.17) is 40.3 Å². The molecule has 1 atom stereocenters. The number of carbonyl (C=O) groups excluding carboxylic acids is 5. The lowest BCUT2D eigenvalue weighted by Crippen LogP contribution is -2.52. The zero-order chi connectivity index (χ0) is 50.7. The fourth-order valence-corrected chi connectivity index (χ4v) is 9.19. The van der Waals surface area contributed by atoms with Crippen LogP contribution in [0.15, 0.2) is 60.7 Å². The monoisotopic (exact) mass is 1010 g/mol. The van der Waals surface area contributed by atoms with Gasteiger partial charge in [-0.05, 0) is 64.7 Å². The number of piperazine rings is 1. The minimum Gasteiger partial charge on any atom is -0.508 e. The van der Waals surface area contributed by atoms with Crippen molar-refractivity contribution in [1.29, 1.82) is 0 Å². The number of likely N-dealkylation sites (N-methyl/N-ethyl adjacent to an activating group) is 1. The summed E-state index contributed by atoms with van der Waals surface area (Å²) < 4.78 is 45.1. The third kappa shape index (κ3) is 12.5. The molecule has 0 radical (unpaired) electrons. The predicted octanol–water partition coefficient (Wildman–Crippen LogP) is 4.78. The second-order valence-electron chi connectivity index (χ2n) is 17.5. The molecule has 2 saturated heterocycles. The number of nitrogens with one attached hydrogen (secondary N) is 2. The first kappa shape index (κ1) is 51.6. The van der Waals surface area contributed by atoms with E-state index in [0.717, 1.165) is 5.56 Å². The number of aromatic hydroxyl groups is 1. The van der Waals surface area contributed by atoms with Crippen LogP contribution in [-0.4, -0.2) is 171 Å². The van der Waals surface area contributed by atoms with Crippen LogP contribution in [0.3, 0.4) is 0 Å². The van der Waals surface area contributed by atoms with Crippen LogP contribution in [0, 0.1) is 5.82 Å². The highest BCUT2D eigenvalue weighted by atomic mass is 35.5. The number of hydrogen-bond acceptors (Lipinski definition) is 15. The Balaban J connectivity index is 0.711. The lowest BCUT2D eigenvalue weighted by Gasteiger charge is -2.35. The number of halogens is 2. The van der Waals surface area contributed by atoms with Crippen LogP contribution in [0.25, 0.3) is 32.8 Å². The number of carbonyl (C=O) groups is 5. The van der Waals surface area contributed by atoms with E-state index in [9.17, 15) is 29.1 Å². The van der Waals surface area contributed by atoms with Gasteiger partial charge in [-0.1, -0.05) is 35.9 Å². The second-order valence-corrected chi connectivity index (χ2v) is 17.9. The number of phenolic OH excluding ortho intramolecular Hbond substituents is 1. The number of rotatable bonds is 23. The van der Waals surface area contributed by atoms with Gasteiger partial charge in [-0.15, -0.1) is 0 Å². The Morgan fingerprint density at radius 3 is 2.26 bits per heavy atom. The van der Waals surface area contributed by atoms with E-state index >= 15 is 4.39 Å². The number of benzene rings is 4. The van der Waals surface area contributed by atoms with Gasteiger partial charge < -0.3 is 53.7 Å². The summed E-state index contributed by atoms with van der Waals surface area (Å²) in [6.45, 7) is 7.25. The molecule has 1 unspecified atom stereocenters. The molecule has 0 saturated carbocycles. The van der Waals surface area contributed by atoms with Gasteiger partial charge in [-0.25, -0.2) is 9.37 Å². The third-order valence-electron chi connectivity index (χ3n) is 12.7. The topological polar surface area (TPSA) is 215 Å². The summed E-state index contributed by atoms with van der Waals surface area (Å²) in [5, 5.41) is 17.9. The molecule has 4 heterocycles. The van der Waals surface area contributed by atoms with Crippen LogP contribution in [0.5, 0.6) is 11.5 Å². The molecule has 8 rings (SSSR count). The van der Waals surface area contributed by atoms with Crippen molar-refractivity contribution < 1.29 is 57.2 Å². The normalized spacial score (nSPS) is 15.9. The van der Waals surface area contributed by atoms with Crippen LogP contribution in [0.1, 0.15) is 42.1 Å². The van der Waals surface area contributed by atoms with Gasteiger partial charge in [-0.3, -0.25) is 29.3 Å². The van der Waals surface area contributed by atoms with Gasteiger partial charge in [0.05, 0.1) is 57.9 Å². The van der Waals surface area contributed by atoms with Crippen molar-refractivity contribution in [2.45, 2.75) is 38.8 Å². The van der Waals surface area contributed by atoms with Gasteiger partial charge in [0.2, 0.25) is 29.6 Å². The highest BCUT2D eigenvalue weighted by Gasteiger charge is 2.39. The fourth-order valence-electron chi connectivity index (χ4n) is 8.90. The van der Waals surface area contributed by atoms with Crippen molar-refractivity contribution in [3.63, 3.8) is 0 Å². The average molecular weight is 1010 g/mol. The maximum atomic E-state index is 16.9. The van der Waals surface area contributed by atoms with Crippen molar-refractivity contribution >= 4 is 74.6 Å². The summed E-state index contributed by atoms with van der Waals surface area (Å²) in [7, 11) is 1.69. The number of amides is 5. The Morgan fingerprint density at radius 2 is 1.56 bits per heavy atom. The molecular formula is C51H58ClFN8O11. The zero-order valence-corrected chi connectivity index (χ0v) is 41.0. The van der Waals surface area contributed by atoms with Gasteiger partial charge in [0, 0.05) is 89.1 Å². The smallest absolute Gasteiger partial charge is 0.255 e. The van der Waals surface area contributed by atoms with E-state index in [1.165, 1.54) is 17.9 Å². The van der Waals surface area contributed by atoms with Crippen molar-refractivity contribution in [2.24, 2.45) is 0 Å². The number of piperidine rings is 1. The van der Waals surface area contributed by atoms with Gasteiger partial charge in [0.15, 0.2) is 5.82 Å². The molecule has 0 bridgehead atoms. The van der Waals surface area contributed by atoms with Crippen LogP contribution in [-0.2, 0) is 44.7 Å². The largest absolute Gasteiger partial charge is 0.508 e. The van der Waals surface area contributed by atoms with E-state index < -0.39 is 17.8 Å². The van der Waals surface area contributed by atoms with E-state index in [-0.39, 0.29) is 77.4 Å². The predicted molar refractivity (Wildman–Crippen MR) is 266 cm³/mol. The molecule has 0 aliphatic carbocycles. The lowest BCUT2D eigenvalue weighted by molar-refractivity contribution is -0.137. The number of ether oxygens (including phenoxy) is 5. The highest BCUT2D eigenvalue weighted by Crippen LogP contribution is 2.42. The van der Waals surface area contributed by atoms with Crippen LogP contribution >= 0.6 is 11.6 Å². The van der Waals surface area contributed by atoms with Crippen molar-refractivity contribution in [1.82, 2.24) is 30.0 Å². The molecule has 72 heavy (non-hydrogen) atoms. The van der Waals surface area contributed by atoms with Gasteiger partial charge in [0.25, 0.3) is 5.91 Å². The molecule has 21 heteroatoms. The molecular weight excluding hydrogens is 955 g/mol. The number of fused-ring (bicyclic) bond motifs is 3. The van der Waals surface area contributed by atoms with E-state index in [0.29, 0.717) is 137 Å². The molecule has 3 N–H and O–H groups in total. The number of aromatic nitrogens is 2. The quantitative estimate of drug-likeness (QED) is 0.0593. The van der Waals surface area contributed by atoms with Crippen molar-refractivity contribution in [2.75, 3.05) is 116 Å². The first-order chi connectivity index (χ1) is 34.9. The Morgan fingerprint density at radius 1 is 0.861 bits per heavy atom. The summed E-state index contributed by atoms with van der Waals surface area (Å²) >= 11 is 6.86. The SMILES string of the molecule is CC(=O)N1CCN(c2nc(NCCC(=O)N(C)CCOCCOCCOCCOCCOc3ccc4c(c3)CN(C3CCC(=O)NC3=O)C4=O)nc3c(F)c(-c4cc(O)cc5ccccc45)c(Cl)cc23)CC1. The van der Waals surface area contributed by atoms with E-state index in [1.54, 1.807) is 47.2 Å². The van der Waals surface area contributed by atoms with Gasteiger partial charge >= 0.3 is 0 Å². The van der Waals surface area contributed by atoms with Crippen molar-refractivity contribution in [3.05, 3.63) is 82.6 Å². The van der Waals surface area contributed by atoms with Gasteiger partial charge in [0.1, 0.15) is 35.5 Å². The molecule has 19 nitrogen and oxygen atoms in total. The Bertz CT molecular complexity index is 2810. The van der Waals surface area contributed by atoms with Gasteiger partial charge in [-0.2, -0.15) is 4.98 Å².